The molecule has 198 valence electrons. The maximum absolute atomic E-state index is 13.8. The largest absolute Gasteiger partial charge is 0.419 e. The summed E-state index contributed by atoms with van der Waals surface area (Å²) in [5.74, 6) is -1.14. The van der Waals surface area contributed by atoms with Gasteiger partial charge in [0.25, 0.3) is 5.91 Å². The van der Waals surface area contributed by atoms with Gasteiger partial charge in [0.2, 0.25) is 0 Å². The van der Waals surface area contributed by atoms with E-state index < -0.39 is 23.7 Å². The molecule has 0 fully saturated rings. The SMILES string of the molecule is Cc1cc(N)nc(C)c1CNC(=O)c1ccc2c(c1)C1OC2c2ccc(-c3ccc(F)c(C(F)(F)F)c3)cc21. The molecule has 3 aromatic carbocycles. The Kier molecular flexibility index (Phi) is 5.73. The van der Waals surface area contributed by atoms with Crippen LogP contribution in [0.15, 0.2) is 60.7 Å². The molecule has 0 aliphatic carbocycles. The average molecular weight is 534 g/mol. The van der Waals surface area contributed by atoms with E-state index in [2.05, 4.69) is 10.3 Å². The van der Waals surface area contributed by atoms with E-state index in [9.17, 15) is 22.4 Å². The molecule has 3 heterocycles. The number of ether oxygens (including phenoxy) is 1. The van der Waals surface area contributed by atoms with E-state index in [1.807, 2.05) is 26.0 Å². The number of anilines is 1. The number of carbonyl (C=O) groups is 1. The smallest absolute Gasteiger partial charge is 0.384 e. The van der Waals surface area contributed by atoms with E-state index in [0.29, 0.717) is 23.5 Å². The summed E-state index contributed by atoms with van der Waals surface area (Å²) in [4.78, 5) is 17.3. The minimum Gasteiger partial charge on any atom is -0.384 e. The molecule has 1 aromatic heterocycles. The Labute approximate surface area is 221 Å². The Balaban J connectivity index is 1.27. The van der Waals surface area contributed by atoms with Gasteiger partial charge in [-0.25, -0.2) is 9.37 Å². The summed E-state index contributed by atoms with van der Waals surface area (Å²) >= 11 is 0. The van der Waals surface area contributed by atoms with E-state index in [4.69, 9.17) is 10.5 Å². The number of benzene rings is 3. The van der Waals surface area contributed by atoms with Crippen LogP contribution in [0, 0.1) is 19.7 Å². The third-order valence-electron chi connectivity index (χ3n) is 7.44. The Morgan fingerprint density at radius 1 is 0.923 bits per heavy atom. The number of pyridine rings is 1. The Morgan fingerprint density at radius 2 is 1.56 bits per heavy atom. The molecule has 0 radical (unpaired) electrons. The van der Waals surface area contributed by atoms with Crippen LogP contribution in [0.4, 0.5) is 23.4 Å². The van der Waals surface area contributed by atoms with Crippen molar-refractivity contribution in [3.8, 4) is 11.1 Å². The van der Waals surface area contributed by atoms with Gasteiger partial charge in [0.1, 0.15) is 23.8 Å². The summed E-state index contributed by atoms with van der Waals surface area (Å²) in [5.41, 5.74) is 11.9. The molecule has 0 saturated carbocycles. The molecule has 2 bridgehead atoms. The second-order valence-electron chi connectivity index (χ2n) is 9.89. The van der Waals surface area contributed by atoms with Gasteiger partial charge in [0, 0.05) is 17.8 Å². The van der Waals surface area contributed by atoms with Crippen LogP contribution in [0.2, 0.25) is 0 Å². The number of nitrogen functional groups attached to an aromatic ring is 1. The van der Waals surface area contributed by atoms with E-state index in [1.54, 1.807) is 30.3 Å². The molecule has 2 aliphatic heterocycles. The zero-order chi connectivity index (χ0) is 27.6. The fourth-order valence-electron chi connectivity index (χ4n) is 5.51. The van der Waals surface area contributed by atoms with Crippen molar-refractivity contribution in [1.29, 1.82) is 0 Å². The average Bonchev–Trinajstić information content (AvgIpc) is 3.44. The molecule has 5 nitrogen and oxygen atoms in total. The molecule has 6 rings (SSSR count). The lowest BCUT2D eigenvalue weighted by atomic mass is 9.83. The normalized spacial score (nSPS) is 17.2. The van der Waals surface area contributed by atoms with Crippen molar-refractivity contribution in [3.63, 3.8) is 0 Å². The van der Waals surface area contributed by atoms with Crippen LogP contribution in [0.5, 0.6) is 0 Å². The van der Waals surface area contributed by atoms with Crippen LogP contribution in [-0.2, 0) is 17.5 Å². The van der Waals surface area contributed by atoms with Crippen molar-refractivity contribution >= 4 is 11.7 Å². The lowest BCUT2D eigenvalue weighted by Crippen LogP contribution is -2.24. The predicted octanol–water partition coefficient (Wildman–Crippen LogP) is 6.56. The van der Waals surface area contributed by atoms with E-state index in [0.717, 1.165) is 51.2 Å². The number of fused-ring (bicyclic) bond motifs is 8. The van der Waals surface area contributed by atoms with Crippen molar-refractivity contribution < 1.29 is 27.1 Å². The number of aromatic nitrogens is 1. The minimum absolute atomic E-state index is 0.254. The zero-order valence-electron chi connectivity index (χ0n) is 21.0. The van der Waals surface area contributed by atoms with Crippen LogP contribution < -0.4 is 11.1 Å². The van der Waals surface area contributed by atoms with Crippen LogP contribution in [0.3, 0.4) is 0 Å². The Morgan fingerprint density at radius 3 is 2.28 bits per heavy atom. The number of rotatable bonds is 4. The summed E-state index contributed by atoms with van der Waals surface area (Å²) in [6.07, 6.45) is -5.58. The maximum Gasteiger partial charge on any atom is 0.419 e. The van der Waals surface area contributed by atoms with Gasteiger partial charge in [-0.2, -0.15) is 13.2 Å². The van der Waals surface area contributed by atoms with E-state index >= 15 is 0 Å². The molecule has 9 heteroatoms. The standard InChI is InChI=1S/C30H23F4N3O2/c1-14-9-26(35)37-15(2)23(14)13-36-29(38)18-4-7-20-22(11-18)28-21-10-16(3-6-19(21)27(20)39-28)17-5-8-25(31)24(12-17)30(32,33)34/h3-12,27-28H,13H2,1-2H3,(H2,35,37)(H,36,38). The highest BCUT2D eigenvalue weighted by atomic mass is 19.4. The van der Waals surface area contributed by atoms with Crippen molar-refractivity contribution in [2.24, 2.45) is 0 Å². The first-order chi connectivity index (χ1) is 18.5. The number of hydrogen-bond acceptors (Lipinski definition) is 4. The third kappa shape index (κ3) is 4.23. The number of carbonyl (C=O) groups excluding carboxylic acids is 1. The second kappa shape index (κ2) is 8.91. The summed E-state index contributed by atoms with van der Waals surface area (Å²) in [7, 11) is 0. The lowest BCUT2D eigenvalue weighted by molar-refractivity contribution is -0.139. The molecular formula is C30H23F4N3O2. The van der Waals surface area contributed by atoms with Gasteiger partial charge in [-0.15, -0.1) is 0 Å². The topological polar surface area (TPSA) is 77.2 Å². The van der Waals surface area contributed by atoms with Crippen molar-refractivity contribution in [3.05, 3.63) is 117 Å². The molecule has 1 amide bonds. The first kappa shape index (κ1) is 25.1. The highest BCUT2D eigenvalue weighted by Crippen LogP contribution is 2.55. The molecule has 0 spiro atoms. The van der Waals surface area contributed by atoms with Crippen molar-refractivity contribution in [2.75, 3.05) is 5.73 Å². The maximum atomic E-state index is 13.8. The van der Waals surface area contributed by atoms with Gasteiger partial charge in [-0.05, 0) is 94.8 Å². The number of halogens is 4. The first-order valence-electron chi connectivity index (χ1n) is 12.3. The van der Waals surface area contributed by atoms with Crippen molar-refractivity contribution in [2.45, 2.75) is 38.8 Å². The number of nitrogens with two attached hydrogens (primary N) is 1. The number of hydrogen-bond donors (Lipinski definition) is 2. The zero-order valence-corrected chi connectivity index (χ0v) is 21.0. The van der Waals surface area contributed by atoms with Crippen LogP contribution in [-0.4, -0.2) is 10.9 Å². The minimum atomic E-state index is -4.79. The van der Waals surface area contributed by atoms with E-state index in [-0.39, 0.29) is 17.6 Å². The highest BCUT2D eigenvalue weighted by Gasteiger charge is 2.43. The molecule has 3 N–H and O–H groups in total. The van der Waals surface area contributed by atoms with Gasteiger partial charge in [-0.1, -0.05) is 24.3 Å². The predicted molar refractivity (Wildman–Crippen MR) is 137 cm³/mol. The third-order valence-corrected chi connectivity index (χ3v) is 7.44. The molecule has 2 unspecified atom stereocenters. The van der Waals surface area contributed by atoms with Gasteiger partial charge in [-0.3, -0.25) is 4.79 Å². The number of aryl methyl sites for hydroxylation is 2. The van der Waals surface area contributed by atoms with Crippen LogP contribution in [0.1, 0.15) is 67.2 Å². The molecule has 4 aromatic rings. The fourth-order valence-corrected chi connectivity index (χ4v) is 5.51. The molecule has 2 aliphatic rings. The molecular weight excluding hydrogens is 510 g/mol. The molecule has 39 heavy (non-hydrogen) atoms. The Bertz CT molecular complexity index is 1640. The monoisotopic (exact) mass is 533 g/mol. The van der Waals surface area contributed by atoms with Crippen molar-refractivity contribution in [1.82, 2.24) is 10.3 Å². The van der Waals surface area contributed by atoms with Crippen LogP contribution >= 0.6 is 0 Å². The van der Waals surface area contributed by atoms with E-state index in [1.165, 1.54) is 6.07 Å². The lowest BCUT2D eigenvalue weighted by Gasteiger charge is -2.18. The molecule has 2 atom stereocenters. The summed E-state index contributed by atoms with van der Waals surface area (Å²) in [5, 5.41) is 2.94. The van der Waals surface area contributed by atoms with Gasteiger partial charge < -0.3 is 15.8 Å². The summed E-state index contributed by atoms with van der Waals surface area (Å²) < 4.78 is 59.8. The highest BCUT2D eigenvalue weighted by molar-refractivity contribution is 5.94. The fraction of sp³-hybridized carbons (Fsp3) is 0.200. The van der Waals surface area contributed by atoms with Crippen LogP contribution in [0.25, 0.3) is 11.1 Å². The number of nitrogens with zero attached hydrogens (tertiary/aromatic N) is 1. The first-order valence-corrected chi connectivity index (χ1v) is 12.3. The number of amides is 1. The van der Waals surface area contributed by atoms with Gasteiger partial charge in [0.15, 0.2) is 0 Å². The summed E-state index contributed by atoms with van der Waals surface area (Å²) in [6, 6.07) is 15.5. The second-order valence-corrected chi connectivity index (χ2v) is 9.89. The number of alkyl halides is 3. The summed E-state index contributed by atoms with van der Waals surface area (Å²) in [6.45, 7) is 4.06. The quantitative estimate of drug-likeness (QED) is 0.292. The number of nitrogens with one attached hydrogen (secondary N) is 1. The molecule has 0 saturated heterocycles. The van der Waals surface area contributed by atoms with Gasteiger partial charge in [0.05, 0.1) is 5.56 Å². The van der Waals surface area contributed by atoms with Gasteiger partial charge >= 0.3 is 6.18 Å². The Hall–Kier alpha value is -4.24.